The molecule has 1 aromatic carbocycles. The summed E-state index contributed by atoms with van der Waals surface area (Å²) in [5.74, 6) is 0. The molecule has 0 saturated carbocycles. The fourth-order valence-electron chi connectivity index (χ4n) is 1.49. The predicted molar refractivity (Wildman–Crippen MR) is 83.5 cm³/mol. The number of nitrogens with zero attached hydrogens (tertiary/aromatic N) is 1. The van der Waals surface area contributed by atoms with Gasteiger partial charge in [0.1, 0.15) is 0 Å². The van der Waals surface area contributed by atoms with Gasteiger partial charge in [-0.05, 0) is 26.3 Å². The number of nitro benzene ring substituents is 1. The summed E-state index contributed by atoms with van der Waals surface area (Å²) in [7, 11) is -3.85. The van der Waals surface area contributed by atoms with Crippen LogP contribution in [0.2, 0.25) is 5.02 Å². The maximum absolute atomic E-state index is 12.0. The summed E-state index contributed by atoms with van der Waals surface area (Å²) in [6, 6.07) is 2.04. The zero-order valence-electron chi connectivity index (χ0n) is 11.5. The zero-order valence-corrected chi connectivity index (χ0v) is 13.9. The smallest absolute Gasteiger partial charge is 0.275 e. The average molecular weight is 358 g/mol. The van der Waals surface area contributed by atoms with Crippen molar-refractivity contribution in [2.75, 3.05) is 6.54 Å². The summed E-state index contributed by atoms with van der Waals surface area (Å²) in [4.78, 5) is 9.98. The largest absolute Gasteiger partial charge is 0.328 e. The van der Waals surface area contributed by atoms with Gasteiger partial charge < -0.3 is 5.73 Å². The first-order valence-electron chi connectivity index (χ1n) is 5.85. The van der Waals surface area contributed by atoms with Crippen LogP contribution in [0.15, 0.2) is 17.0 Å². The molecule has 0 amide bonds. The van der Waals surface area contributed by atoms with E-state index in [9.17, 15) is 18.5 Å². The van der Waals surface area contributed by atoms with Gasteiger partial charge in [-0.3, -0.25) is 10.1 Å². The summed E-state index contributed by atoms with van der Waals surface area (Å²) in [5, 5.41) is 10.9. The Morgan fingerprint density at radius 2 is 2.05 bits per heavy atom. The average Bonchev–Trinajstić information content (AvgIpc) is 2.31. The highest BCUT2D eigenvalue weighted by Gasteiger charge is 2.22. The molecule has 0 aliphatic heterocycles. The number of benzene rings is 1. The van der Waals surface area contributed by atoms with Crippen LogP contribution in [0.25, 0.3) is 0 Å². The summed E-state index contributed by atoms with van der Waals surface area (Å²) in [6.45, 7) is 3.36. The first-order chi connectivity index (χ1) is 9.15. The van der Waals surface area contributed by atoms with Crippen molar-refractivity contribution in [2.24, 2.45) is 5.73 Å². The highest BCUT2D eigenvalue weighted by atomic mass is 35.5. The van der Waals surface area contributed by atoms with Gasteiger partial charge >= 0.3 is 0 Å². The number of hydrogen-bond acceptors (Lipinski definition) is 5. The summed E-state index contributed by atoms with van der Waals surface area (Å²) in [5.41, 5.74) is 5.42. The van der Waals surface area contributed by atoms with E-state index in [4.69, 9.17) is 17.3 Å². The van der Waals surface area contributed by atoms with Gasteiger partial charge in [-0.1, -0.05) is 11.6 Å². The number of nitrogens with one attached hydrogen (secondary N) is 1. The van der Waals surface area contributed by atoms with E-state index in [0.717, 1.165) is 6.07 Å². The highest BCUT2D eigenvalue weighted by Crippen LogP contribution is 2.29. The lowest BCUT2D eigenvalue weighted by Gasteiger charge is -2.09. The van der Waals surface area contributed by atoms with Gasteiger partial charge in [0.15, 0.2) is 0 Å². The molecule has 0 aliphatic carbocycles. The lowest BCUT2D eigenvalue weighted by atomic mass is 10.2. The van der Waals surface area contributed by atoms with Crippen molar-refractivity contribution < 1.29 is 13.3 Å². The third-order valence-corrected chi connectivity index (χ3v) is 4.52. The van der Waals surface area contributed by atoms with Gasteiger partial charge in [-0.25, -0.2) is 13.1 Å². The van der Waals surface area contributed by atoms with Gasteiger partial charge in [-0.2, -0.15) is 0 Å². The number of nitro groups is 1. The van der Waals surface area contributed by atoms with Crippen molar-refractivity contribution in [1.29, 1.82) is 0 Å². The second-order valence-corrected chi connectivity index (χ2v) is 6.64. The second-order valence-electron chi connectivity index (χ2n) is 4.47. The van der Waals surface area contributed by atoms with Crippen molar-refractivity contribution in [1.82, 2.24) is 4.72 Å². The molecule has 0 radical (unpaired) electrons. The third-order valence-electron chi connectivity index (χ3n) is 2.69. The van der Waals surface area contributed by atoms with Crippen LogP contribution in [0, 0.1) is 17.0 Å². The van der Waals surface area contributed by atoms with Gasteiger partial charge in [0.05, 0.1) is 14.8 Å². The lowest BCUT2D eigenvalue weighted by molar-refractivity contribution is -0.385. The maximum Gasteiger partial charge on any atom is 0.275 e. The van der Waals surface area contributed by atoms with Crippen LogP contribution in [0.3, 0.4) is 0 Å². The monoisotopic (exact) mass is 357 g/mol. The zero-order chi connectivity index (χ0) is 15.5. The number of rotatable bonds is 6. The Balaban J connectivity index is 0.00000400. The van der Waals surface area contributed by atoms with Crippen LogP contribution in [-0.4, -0.2) is 25.9 Å². The van der Waals surface area contributed by atoms with E-state index in [1.165, 1.54) is 13.0 Å². The summed E-state index contributed by atoms with van der Waals surface area (Å²) < 4.78 is 26.4. The number of halogens is 2. The van der Waals surface area contributed by atoms with Gasteiger partial charge in [0.25, 0.3) is 5.69 Å². The summed E-state index contributed by atoms with van der Waals surface area (Å²) in [6.07, 6.45) is 0.459. The fourth-order valence-corrected chi connectivity index (χ4v) is 2.86. The van der Waals surface area contributed by atoms with E-state index in [-0.39, 0.29) is 46.2 Å². The fraction of sp³-hybridized carbons (Fsp3) is 0.455. The van der Waals surface area contributed by atoms with Crippen molar-refractivity contribution in [3.05, 3.63) is 32.8 Å². The standard InChI is InChI=1S/C11H16ClN3O4S.ClH/c1-7(13)3-4-14-20(18,19)9-5-10(12)8(2)11(6-9)15(16)17;/h5-7,14H,3-4,13H2,1-2H3;1H. The molecular weight excluding hydrogens is 341 g/mol. The Bertz CT molecular complexity index is 620. The van der Waals surface area contributed by atoms with E-state index in [1.807, 2.05) is 0 Å². The molecule has 0 heterocycles. The molecule has 10 heteroatoms. The number of nitrogens with two attached hydrogens (primary N) is 1. The first kappa shape index (κ1) is 20.1. The van der Waals surface area contributed by atoms with E-state index in [1.54, 1.807) is 6.92 Å². The Kier molecular flexibility index (Phi) is 7.55. The van der Waals surface area contributed by atoms with Crippen LogP contribution in [-0.2, 0) is 10.0 Å². The first-order valence-corrected chi connectivity index (χ1v) is 7.71. The van der Waals surface area contributed by atoms with Crippen LogP contribution in [0.4, 0.5) is 5.69 Å². The topological polar surface area (TPSA) is 115 Å². The molecule has 120 valence electrons. The van der Waals surface area contributed by atoms with Crippen molar-refractivity contribution in [3.63, 3.8) is 0 Å². The van der Waals surface area contributed by atoms with Gasteiger partial charge in [0, 0.05) is 24.2 Å². The molecule has 1 rings (SSSR count). The minimum absolute atomic E-state index is 0. The molecule has 3 N–H and O–H groups in total. The Labute approximate surface area is 134 Å². The summed E-state index contributed by atoms with van der Waals surface area (Å²) >= 11 is 5.84. The minimum Gasteiger partial charge on any atom is -0.328 e. The molecule has 0 aromatic heterocycles. The molecule has 0 aliphatic rings. The molecule has 0 fully saturated rings. The van der Waals surface area contributed by atoms with Crippen molar-refractivity contribution >= 4 is 39.7 Å². The molecule has 7 nitrogen and oxygen atoms in total. The van der Waals surface area contributed by atoms with Crippen LogP contribution < -0.4 is 10.5 Å². The molecule has 0 spiro atoms. The molecule has 1 atom stereocenters. The molecule has 1 unspecified atom stereocenters. The SMILES string of the molecule is Cc1c(Cl)cc(S(=O)(=O)NCCC(C)N)cc1[N+](=O)[O-].Cl. The normalized spacial score (nSPS) is 12.6. The molecule has 0 saturated heterocycles. The van der Waals surface area contributed by atoms with E-state index in [0.29, 0.717) is 6.42 Å². The maximum atomic E-state index is 12.0. The molecule has 21 heavy (non-hydrogen) atoms. The van der Waals surface area contributed by atoms with Crippen LogP contribution in [0.1, 0.15) is 18.9 Å². The van der Waals surface area contributed by atoms with E-state index < -0.39 is 14.9 Å². The second kappa shape index (κ2) is 7.90. The lowest BCUT2D eigenvalue weighted by Crippen LogP contribution is -2.29. The third kappa shape index (κ3) is 5.40. The van der Waals surface area contributed by atoms with Gasteiger partial charge in [-0.15, -0.1) is 12.4 Å². The van der Waals surface area contributed by atoms with E-state index >= 15 is 0 Å². The van der Waals surface area contributed by atoms with Crippen molar-refractivity contribution in [2.45, 2.75) is 31.2 Å². The number of hydrogen-bond donors (Lipinski definition) is 2. The quantitative estimate of drug-likeness (QED) is 0.596. The van der Waals surface area contributed by atoms with Gasteiger partial charge in [0.2, 0.25) is 10.0 Å². The minimum atomic E-state index is -3.85. The van der Waals surface area contributed by atoms with Crippen molar-refractivity contribution in [3.8, 4) is 0 Å². The molecular formula is C11H17Cl2N3O4S. The highest BCUT2D eigenvalue weighted by molar-refractivity contribution is 7.89. The molecule has 1 aromatic rings. The molecule has 0 bridgehead atoms. The Hall–Kier alpha value is -0.930. The predicted octanol–water partition coefficient (Wildman–Crippen LogP) is 1.99. The Morgan fingerprint density at radius 3 is 2.52 bits per heavy atom. The number of sulfonamides is 1. The van der Waals surface area contributed by atoms with Crippen LogP contribution in [0.5, 0.6) is 0 Å². The van der Waals surface area contributed by atoms with Crippen LogP contribution >= 0.6 is 24.0 Å². The Morgan fingerprint density at radius 1 is 1.48 bits per heavy atom. The van der Waals surface area contributed by atoms with E-state index in [2.05, 4.69) is 4.72 Å².